The summed E-state index contributed by atoms with van der Waals surface area (Å²) in [6, 6.07) is -0.00687. The predicted octanol–water partition coefficient (Wildman–Crippen LogP) is 1.28. The van der Waals surface area contributed by atoms with Crippen LogP contribution in [0.25, 0.3) is 0 Å². The molecule has 1 fully saturated rings. The van der Waals surface area contributed by atoms with Crippen LogP contribution in [-0.2, 0) is 16.6 Å². The molecule has 114 valence electrons. The smallest absolute Gasteiger partial charge is 0.260 e. The largest absolute Gasteiger partial charge is 0.326 e. The standard InChI is InChI=1S/C13H24N4O2S/c1-4-10-5-6-12(8(10)2)17-20(18,19)13-11(7-14)9(3)15-16-13/h8,10,12,17H,4-7,14H2,1-3H3,(H,15,16). The molecule has 0 bridgehead atoms. The Kier molecular flexibility index (Phi) is 4.51. The highest BCUT2D eigenvalue weighted by atomic mass is 32.2. The topological polar surface area (TPSA) is 101 Å². The van der Waals surface area contributed by atoms with Gasteiger partial charge in [0, 0.05) is 23.8 Å². The molecular weight excluding hydrogens is 276 g/mol. The Bertz CT molecular complexity index is 567. The molecule has 1 saturated carbocycles. The van der Waals surface area contributed by atoms with Gasteiger partial charge in [0.25, 0.3) is 10.0 Å². The molecule has 7 heteroatoms. The van der Waals surface area contributed by atoms with E-state index in [1.54, 1.807) is 6.92 Å². The minimum Gasteiger partial charge on any atom is -0.326 e. The van der Waals surface area contributed by atoms with Crippen LogP contribution in [0.3, 0.4) is 0 Å². The monoisotopic (exact) mass is 300 g/mol. The van der Waals surface area contributed by atoms with Gasteiger partial charge in [-0.15, -0.1) is 0 Å². The average molecular weight is 300 g/mol. The van der Waals surface area contributed by atoms with Gasteiger partial charge in [-0.1, -0.05) is 20.3 Å². The van der Waals surface area contributed by atoms with Crippen molar-refractivity contribution < 1.29 is 8.42 Å². The SMILES string of the molecule is CCC1CCC(NS(=O)(=O)c2n[nH]c(C)c2CN)C1C. The first-order chi connectivity index (χ1) is 9.40. The number of hydrogen-bond acceptors (Lipinski definition) is 4. The number of nitrogens with two attached hydrogens (primary N) is 1. The lowest BCUT2D eigenvalue weighted by Gasteiger charge is -2.20. The number of sulfonamides is 1. The van der Waals surface area contributed by atoms with Gasteiger partial charge >= 0.3 is 0 Å². The number of aromatic nitrogens is 2. The molecule has 0 radical (unpaired) electrons. The first kappa shape index (κ1) is 15.5. The van der Waals surface area contributed by atoms with Crippen LogP contribution in [-0.4, -0.2) is 24.7 Å². The maximum atomic E-state index is 12.5. The van der Waals surface area contributed by atoms with E-state index in [1.165, 1.54) is 0 Å². The van der Waals surface area contributed by atoms with Crippen molar-refractivity contribution in [2.24, 2.45) is 17.6 Å². The van der Waals surface area contributed by atoms with Crippen molar-refractivity contribution in [2.45, 2.75) is 57.6 Å². The molecule has 1 aromatic rings. The number of nitrogens with zero attached hydrogens (tertiary/aromatic N) is 1. The average Bonchev–Trinajstić information content (AvgIpc) is 2.94. The van der Waals surface area contributed by atoms with Crippen LogP contribution in [0.5, 0.6) is 0 Å². The van der Waals surface area contributed by atoms with Crippen LogP contribution in [0.4, 0.5) is 0 Å². The second-order valence-corrected chi connectivity index (χ2v) is 7.30. The molecule has 6 nitrogen and oxygen atoms in total. The molecule has 0 aromatic carbocycles. The fourth-order valence-electron chi connectivity index (χ4n) is 3.14. The molecule has 0 amide bonds. The molecule has 1 aliphatic carbocycles. The zero-order valence-corrected chi connectivity index (χ0v) is 13.1. The number of aromatic amines is 1. The summed E-state index contributed by atoms with van der Waals surface area (Å²) in [5.74, 6) is 0.953. The molecule has 0 spiro atoms. The van der Waals surface area contributed by atoms with E-state index >= 15 is 0 Å². The first-order valence-corrected chi connectivity index (χ1v) is 8.65. The molecule has 20 heavy (non-hydrogen) atoms. The molecule has 1 aromatic heterocycles. The van der Waals surface area contributed by atoms with E-state index in [-0.39, 0.29) is 17.6 Å². The van der Waals surface area contributed by atoms with Crippen LogP contribution in [0.2, 0.25) is 0 Å². The number of nitrogens with one attached hydrogen (secondary N) is 2. The van der Waals surface area contributed by atoms with Gasteiger partial charge in [0.2, 0.25) is 0 Å². The number of rotatable bonds is 5. The van der Waals surface area contributed by atoms with Crippen LogP contribution >= 0.6 is 0 Å². The van der Waals surface area contributed by atoms with E-state index in [1.807, 2.05) is 0 Å². The summed E-state index contributed by atoms with van der Waals surface area (Å²) in [5, 5.41) is 6.66. The number of H-pyrrole nitrogens is 1. The third kappa shape index (κ3) is 2.75. The molecule has 4 N–H and O–H groups in total. The fourth-order valence-corrected chi connectivity index (χ4v) is 4.71. The predicted molar refractivity (Wildman–Crippen MR) is 77.5 cm³/mol. The van der Waals surface area contributed by atoms with Crippen LogP contribution in [0.1, 0.15) is 44.4 Å². The fraction of sp³-hybridized carbons (Fsp3) is 0.769. The van der Waals surface area contributed by atoms with Crippen molar-refractivity contribution in [2.75, 3.05) is 0 Å². The highest BCUT2D eigenvalue weighted by Crippen LogP contribution is 2.34. The van der Waals surface area contributed by atoms with Gasteiger partial charge in [-0.05, 0) is 31.6 Å². The van der Waals surface area contributed by atoms with E-state index in [0.29, 0.717) is 23.1 Å². The van der Waals surface area contributed by atoms with Crippen molar-refractivity contribution in [3.63, 3.8) is 0 Å². The van der Waals surface area contributed by atoms with E-state index in [2.05, 4.69) is 28.8 Å². The van der Waals surface area contributed by atoms with E-state index < -0.39 is 10.0 Å². The second-order valence-electron chi connectivity index (χ2n) is 5.67. The molecule has 1 heterocycles. The number of aryl methyl sites for hydroxylation is 1. The van der Waals surface area contributed by atoms with Crippen LogP contribution in [0, 0.1) is 18.8 Å². The summed E-state index contributed by atoms with van der Waals surface area (Å²) in [4.78, 5) is 0. The van der Waals surface area contributed by atoms with E-state index in [4.69, 9.17) is 5.73 Å². The van der Waals surface area contributed by atoms with Crippen molar-refractivity contribution >= 4 is 10.0 Å². The Morgan fingerprint density at radius 2 is 2.15 bits per heavy atom. The Labute approximate surface area is 120 Å². The Morgan fingerprint density at radius 1 is 1.45 bits per heavy atom. The van der Waals surface area contributed by atoms with Gasteiger partial charge in [0.15, 0.2) is 5.03 Å². The third-order valence-corrected chi connectivity index (χ3v) is 6.01. The molecular formula is C13H24N4O2S. The Hall–Kier alpha value is -0.920. The molecule has 2 rings (SSSR count). The van der Waals surface area contributed by atoms with Crippen LogP contribution < -0.4 is 10.5 Å². The zero-order valence-electron chi connectivity index (χ0n) is 12.3. The maximum Gasteiger partial charge on any atom is 0.260 e. The summed E-state index contributed by atoms with van der Waals surface area (Å²) < 4.78 is 27.8. The third-order valence-electron chi connectivity index (χ3n) is 4.55. The molecule has 0 saturated heterocycles. The van der Waals surface area contributed by atoms with Gasteiger partial charge < -0.3 is 5.73 Å². The molecule has 1 aliphatic rings. The normalized spacial score (nSPS) is 27.1. The van der Waals surface area contributed by atoms with E-state index in [9.17, 15) is 8.42 Å². The second kappa shape index (κ2) is 5.83. The van der Waals surface area contributed by atoms with Gasteiger partial charge in [-0.3, -0.25) is 5.10 Å². The van der Waals surface area contributed by atoms with Gasteiger partial charge in [-0.25, -0.2) is 13.1 Å². The Balaban J connectivity index is 2.20. The highest BCUT2D eigenvalue weighted by molar-refractivity contribution is 7.89. The minimum absolute atomic E-state index is 0.00687. The molecule has 3 atom stereocenters. The van der Waals surface area contributed by atoms with Crippen molar-refractivity contribution in [1.82, 2.24) is 14.9 Å². The summed E-state index contributed by atoms with van der Waals surface area (Å²) >= 11 is 0. The van der Waals surface area contributed by atoms with Crippen LogP contribution in [0.15, 0.2) is 5.03 Å². The van der Waals surface area contributed by atoms with E-state index in [0.717, 1.165) is 19.3 Å². The lowest BCUT2D eigenvalue weighted by molar-refractivity contribution is 0.368. The molecule has 3 unspecified atom stereocenters. The quantitative estimate of drug-likeness (QED) is 0.762. The van der Waals surface area contributed by atoms with Crippen molar-refractivity contribution in [3.8, 4) is 0 Å². The number of hydrogen-bond donors (Lipinski definition) is 3. The summed E-state index contributed by atoms with van der Waals surface area (Å²) in [6.07, 6.45) is 3.06. The Morgan fingerprint density at radius 3 is 2.70 bits per heavy atom. The van der Waals surface area contributed by atoms with Crippen molar-refractivity contribution in [1.29, 1.82) is 0 Å². The lowest BCUT2D eigenvalue weighted by Crippen LogP contribution is -2.38. The first-order valence-electron chi connectivity index (χ1n) is 7.17. The van der Waals surface area contributed by atoms with Crippen molar-refractivity contribution in [3.05, 3.63) is 11.3 Å². The molecule has 0 aliphatic heterocycles. The summed E-state index contributed by atoms with van der Waals surface area (Å²) in [5.41, 5.74) is 6.89. The lowest BCUT2D eigenvalue weighted by atomic mass is 9.94. The highest BCUT2D eigenvalue weighted by Gasteiger charge is 2.35. The summed E-state index contributed by atoms with van der Waals surface area (Å²) in [6.45, 7) is 6.21. The van der Waals surface area contributed by atoms with Gasteiger partial charge in [0.1, 0.15) is 0 Å². The maximum absolute atomic E-state index is 12.5. The minimum atomic E-state index is -3.60. The van der Waals surface area contributed by atoms with Gasteiger partial charge in [-0.2, -0.15) is 5.10 Å². The summed E-state index contributed by atoms with van der Waals surface area (Å²) in [7, 11) is -3.60. The zero-order chi connectivity index (χ0) is 14.9. The van der Waals surface area contributed by atoms with Gasteiger partial charge in [0.05, 0.1) is 0 Å².